The summed E-state index contributed by atoms with van der Waals surface area (Å²) in [6, 6.07) is 8.98. The zero-order valence-electron chi connectivity index (χ0n) is 11.2. The molecule has 2 aromatic rings. The topological polar surface area (TPSA) is 41.1 Å². The second-order valence-corrected chi connectivity index (χ2v) is 5.23. The molecule has 0 bridgehead atoms. The fourth-order valence-electron chi connectivity index (χ4n) is 1.76. The zero-order chi connectivity index (χ0) is 15.4. The van der Waals surface area contributed by atoms with Gasteiger partial charge >= 0.3 is 0 Å². The number of hydrogen-bond acceptors (Lipinski definition) is 2. The molecule has 0 saturated heterocycles. The minimum atomic E-state index is -0.805. The Bertz CT molecular complexity index is 656. The monoisotopic (exact) mass is 354 g/mol. The molecule has 21 heavy (non-hydrogen) atoms. The van der Waals surface area contributed by atoms with Gasteiger partial charge in [0.15, 0.2) is 0 Å². The largest absolute Gasteiger partial charge is 0.375 e. The van der Waals surface area contributed by atoms with Crippen LogP contribution in [0.15, 0.2) is 40.9 Å². The van der Waals surface area contributed by atoms with Crippen LogP contribution in [0.5, 0.6) is 0 Å². The van der Waals surface area contributed by atoms with Gasteiger partial charge in [0.2, 0.25) is 5.91 Å². The van der Waals surface area contributed by atoms with Crippen molar-refractivity contribution in [3.63, 3.8) is 0 Å². The van der Waals surface area contributed by atoms with Crippen LogP contribution in [0.4, 0.5) is 20.2 Å². The van der Waals surface area contributed by atoms with Crippen LogP contribution in [-0.2, 0) is 4.79 Å². The van der Waals surface area contributed by atoms with Gasteiger partial charge in [-0.1, -0.05) is 18.2 Å². The minimum Gasteiger partial charge on any atom is -0.375 e. The molecule has 0 fully saturated rings. The lowest BCUT2D eigenvalue weighted by molar-refractivity contribution is -0.114. The molecule has 0 aliphatic heterocycles. The quantitative estimate of drug-likeness (QED) is 0.868. The second-order valence-electron chi connectivity index (χ2n) is 4.43. The van der Waals surface area contributed by atoms with Crippen molar-refractivity contribution >= 4 is 33.2 Å². The van der Waals surface area contributed by atoms with Crippen LogP contribution in [0.1, 0.15) is 5.56 Å². The Kier molecular flexibility index (Phi) is 4.90. The normalized spacial score (nSPS) is 10.3. The van der Waals surface area contributed by atoms with Crippen molar-refractivity contribution in [2.24, 2.45) is 0 Å². The van der Waals surface area contributed by atoms with E-state index in [0.717, 1.165) is 27.9 Å². The Balaban J connectivity index is 2.01. The van der Waals surface area contributed by atoms with Gasteiger partial charge in [0.1, 0.15) is 17.3 Å². The molecule has 0 aromatic heterocycles. The Morgan fingerprint density at radius 3 is 2.43 bits per heavy atom. The van der Waals surface area contributed by atoms with Gasteiger partial charge in [-0.3, -0.25) is 4.79 Å². The molecule has 0 atom stereocenters. The van der Waals surface area contributed by atoms with Crippen molar-refractivity contribution in [1.82, 2.24) is 0 Å². The Morgan fingerprint density at radius 2 is 1.76 bits per heavy atom. The molecule has 6 heteroatoms. The van der Waals surface area contributed by atoms with Gasteiger partial charge < -0.3 is 10.6 Å². The number of carbonyl (C=O) groups excluding carboxylic acids is 1. The molecule has 1 amide bonds. The molecular weight excluding hydrogens is 342 g/mol. The summed E-state index contributed by atoms with van der Waals surface area (Å²) in [5.74, 6) is -2.15. The third-order valence-corrected chi connectivity index (χ3v) is 3.91. The van der Waals surface area contributed by atoms with E-state index in [-0.39, 0.29) is 6.54 Å². The summed E-state index contributed by atoms with van der Waals surface area (Å²) in [7, 11) is 0. The summed E-state index contributed by atoms with van der Waals surface area (Å²) in [6.07, 6.45) is 0. The molecular formula is C15H13BrF2N2O. The average Bonchev–Trinajstić information content (AvgIpc) is 2.45. The van der Waals surface area contributed by atoms with Crippen LogP contribution in [0.3, 0.4) is 0 Å². The van der Waals surface area contributed by atoms with Crippen molar-refractivity contribution in [3.05, 3.63) is 58.1 Å². The SMILES string of the molecule is Cc1cccc(NCC(=O)Nc2c(F)cccc2F)c1Br. The van der Waals surface area contributed by atoms with Gasteiger partial charge in [-0.05, 0) is 46.6 Å². The van der Waals surface area contributed by atoms with Crippen LogP contribution in [0.2, 0.25) is 0 Å². The molecule has 0 spiro atoms. The van der Waals surface area contributed by atoms with Crippen LogP contribution in [0, 0.1) is 18.6 Å². The van der Waals surface area contributed by atoms with Gasteiger partial charge in [0.05, 0.1) is 6.54 Å². The van der Waals surface area contributed by atoms with E-state index in [2.05, 4.69) is 26.6 Å². The smallest absolute Gasteiger partial charge is 0.243 e. The maximum Gasteiger partial charge on any atom is 0.243 e. The molecule has 0 radical (unpaired) electrons. The van der Waals surface area contributed by atoms with Gasteiger partial charge in [-0.25, -0.2) is 8.78 Å². The van der Waals surface area contributed by atoms with Crippen LogP contribution in [-0.4, -0.2) is 12.5 Å². The molecule has 2 aromatic carbocycles. The van der Waals surface area contributed by atoms with E-state index in [1.165, 1.54) is 6.07 Å². The number of para-hydroxylation sites is 1. The Labute approximate surface area is 129 Å². The highest BCUT2D eigenvalue weighted by Crippen LogP contribution is 2.25. The maximum atomic E-state index is 13.4. The van der Waals surface area contributed by atoms with E-state index in [1.807, 2.05) is 19.1 Å². The minimum absolute atomic E-state index is 0.101. The molecule has 3 nitrogen and oxygen atoms in total. The number of anilines is 2. The maximum absolute atomic E-state index is 13.4. The lowest BCUT2D eigenvalue weighted by Crippen LogP contribution is -2.23. The Morgan fingerprint density at radius 1 is 1.14 bits per heavy atom. The fraction of sp³-hybridized carbons (Fsp3) is 0.133. The zero-order valence-corrected chi connectivity index (χ0v) is 12.8. The van der Waals surface area contributed by atoms with Crippen LogP contribution >= 0.6 is 15.9 Å². The lowest BCUT2D eigenvalue weighted by Gasteiger charge is -2.11. The highest BCUT2D eigenvalue weighted by atomic mass is 79.9. The first kappa shape index (κ1) is 15.4. The van der Waals surface area contributed by atoms with E-state index in [1.54, 1.807) is 6.07 Å². The lowest BCUT2D eigenvalue weighted by atomic mass is 10.2. The van der Waals surface area contributed by atoms with E-state index in [0.29, 0.717) is 0 Å². The fourth-order valence-corrected chi connectivity index (χ4v) is 2.16. The summed E-state index contributed by atoms with van der Waals surface area (Å²) in [5, 5.41) is 5.12. The molecule has 0 aliphatic carbocycles. The predicted octanol–water partition coefficient (Wildman–Crippen LogP) is 4.09. The molecule has 0 unspecified atom stereocenters. The first-order valence-electron chi connectivity index (χ1n) is 6.22. The van der Waals surface area contributed by atoms with E-state index in [9.17, 15) is 13.6 Å². The molecule has 2 rings (SSSR count). The number of carbonyl (C=O) groups is 1. The van der Waals surface area contributed by atoms with Gasteiger partial charge in [-0.15, -0.1) is 0 Å². The average molecular weight is 355 g/mol. The van der Waals surface area contributed by atoms with Crippen molar-refractivity contribution in [1.29, 1.82) is 0 Å². The summed E-state index contributed by atoms with van der Waals surface area (Å²) in [4.78, 5) is 11.8. The van der Waals surface area contributed by atoms with Crippen molar-refractivity contribution in [2.45, 2.75) is 6.92 Å². The highest BCUT2D eigenvalue weighted by molar-refractivity contribution is 9.10. The summed E-state index contributed by atoms with van der Waals surface area (Å²) in [5.41, 5.74) is 1.31. The third-order valence-electron chi connectivity index (χ3n) is 2.86. The molecule has 0 saturated carbocycles. The van der Waals surface area contributed by atoms with Crippen molar-refractivity contribution in [3.8, 4) is 0 Å². The van der Waals surface area contributed by atoms with E-state index < -0.39 is 23.2 Å². The number of rotatable bonds is 4. The number of amides is 1. The van der Waals surface area contributed by atoms with Crippen molar-refractivity contribution in [2.75, 3.05) is 17.2 Å². The second kappa shape index (κ2) is 6.67. The van der Waals surface area contributed by atoms with Crippen molar-refractivity contribution < 1.29 is 13.6 Å². The number of aryl methyl sites for hydroxylation is 1. The number of hydrogen-bond donors (Lipinski definition) is 2. The first-order valence-corrected chi connectivity index (χ1v) is 7.01. The van der Waals surface area contributed by atoms with Crippen LogP contribution in [0.25, 0.3) is 0 Å². The molecule has 0 aliphatic rings. The summed E-state index contributed by atoms with van der Waals surface area (Å²) < 4.78 is 27.7. The molecule has 110 valence electrons. The van der Waals surface area contributed by atoms with Gasteiger partial charge in [-0.2, -0.15) is 0 Å². The van der Waals surface area contributed by atoms with Crippen LogP contribution < -0.4 is 10.6 Å². The summed E-state index contributed by atoms with van der Waals surface area (Å²) in [6.45, 7) is 1.82. The Hall–Kier alpha value is -1.95. The predicted molar refractivity (Wildman–Crippen MR) is 82.4 cm³/mol. The van der Waals surface area contributed by atoms with E-state index >= 15 is 0 Å². The van der Waals surface area contributed by atoms with E-state index in [4.69, 9.17) is 0 Å². The summed E-state index contributed by atoms with van der Waals surface area (Å²) >= 11 is 3.41. The molecule has 0 heterocycles. The standard InChI is InChI=1S/C15H13BrF2N2O/c1-9-4-2-7-12(14(9)16)19-8-13(21)20-15-10(17)5-3-6-11(15)18/h2-7,19H,8H2,1H3,(H,20,21). The van der Waals surface area contributed by atoms with Gasteiger partial charge in [0.25, 0.3) is 0 Å². The number of benzene rings is 2. The number of nitrogens with one attached hydrogen (secondary N) is 2. The van der Waals surface area contributed by atoms with Gasteiger partial charge in [0, 0.05) is 10.2 Å². The first-order chi connectivity index (χ1) is 9.99. The third kappa shape index (κ3) is 3.78. The number of halogens is 3. The molecule has 2 N–H and O–H groups in total. The highest BCUT2D eigenvalue weighted by Gasteiger charge is 2.12.